The monoisotopic (exact) mass is 265 g/mol. The van der Waals surface area contributed by atoms with Gasteiger partial charge in [0.2, 0.25) is 5.91 Å². The van der Waals surface area contributed by atoms with Gasteiger partial charge in [0.25, 0.3) is 0 Å². The van der Waals surface area contributed by atoms with E-state index in [1.807, 2.05) is 0 Å². The molecular formula is C14H10F3NO. The van der Waals surface area contributed by atoms with Crippen molar-refractivity contribution in [1.29, 1.82) is 0 Å². The second-order valence-corrected chi connectivity index (χ2v) is 4.07. The number of rotatable bonds is 3. The maximum Gasteiger partial charge on any atom is 0.221 e. The van der Waals surface area contributed by atoms with E-state index in [0.717, 1.165) is 18.2 Å². The molecule has 0 heterocycles. The second-order valence-electron chi connectivity index (χ2n) is 4.07. The van der Waals surface area contributed by atoms with Crippen molar-refractivity contribution in [3.8, 4) is 11.1 Å². The quantitative estimate of drug-likeness (QED) is 0.911. The van der Waals surface area contributed by atoms with Crippen molar-refractivity contribution < 1.29 is 18.0 Å². The molecule has 19 heavy (non-hydrogen) atoms. The van der Waals surface area contributed by atoms with Crippen LogP contribution in [0.1, 0.15) is 5.56 Å². The molecule has 0 saturated carbocycles. The van der Waals surface area contributed by atoms with Crippen molar-refractivity contribution in [2.24, 2.45) is 5.73 Å². The summed E-state index contributed by atoms with van der Waals surface area (Å²) in [5.74, 6) is -2.74. The summed E-state index contributed by atoms with van der Waals surface area (Å²) in [6.45, 7) is 0. The fourth-order valence-electron chi connectivity index (χ4n) is 1.85. The van der Waals surface area contributed by atoms with Gasteiger partial charge in [-0.15, -0.1) is 0 Å². The second kappa shape index (κ2) is 5.14. The van der Waals surface area contributed by atoms with Gasteiger partial charge in [-0.1, -0.05) is 6.07 Å². The fourth-order valence-corrected chi connectivity index (χ4v) is 1.85. The normalized spacial score (nSPS) is 10.5. The van der Waals surface area contributed by atoms with E-state index in [1.165, 1.54) is 12.1 Å². The number of amides is 1. The molecule has 0 aliphatic carbocycles. The van der Waals surface area contributed by atoms with Gasteiger partial charge in [-0.25, -0.2) is 13.2 Å². The van der Waals surface area contributed by atoms with E-state index in [-0.39, 0.29) is 17.5 Å². The van der Waals surface area contributed by atoms with Gasteiger partial charge >= 0.3 is 0 Å². The van der Waals surface area contributed by atoms with Crippen molar-refractivity contribution in [3.63, 3.8) is 0 Å². The molecule has 0 saturated heterocycles. The number of carbonyl (C=O) groups is 1. The topological polar surface area (TPSA) is 43.1 Å². The van der Waals surface area contributed by atoms with Gasteiger partial charge in [0.15, 0.2) is 0 Å². The van der Waals surface area contributed by atoms with Gasteiger partial charge < -0.3 is 5.73 Å². The third-order valence-corrected chi connectivity index (χ3v) is 2.66. The molecule has 0 bridgehead atoms. The molecule has 0 spiro atoms. The van der Waals surface area contributed by atoms with E-state index >= 15 is 0 Å². The van der Waals surface area contributed by atoms with E-state index in [2.05, 4.69) is 0 Å². The average Bonchev–Trinajstić information content (AvgIpc) is 2.31. The summed E-state index contributed by atoms with van der Waals surface area (Å²) in [5.41, 5.74) is 5.69. The van der Waals surface area contributed by atoms with Crippen LogP contribution in [-0.4, -0.2) is 5.91 Å². The molecule has 2 N–H and O–H groups in total. The number of hydrogen-bond acceptors (Lipinski definition) is 1. The highest BCUT2D eigenvalue weighted by molar-refractivity contribution is 5.80. The average molecular weight is 265 g/mol. The van der Waals surface area contributed by atoms with Gasteiger partial charge in [0.1, 0.15) is 17.5 Å². The molecule has 0 atom stereocenters. The molecule has 2 rings (SSSR count). The van der Waals surface area contributed by atoms with Crippen LogP contribution in [0.5, 0.6) is 0 Å². The van der Waals surface area contributed by atoms with E-state index in [1.54, 1.807) is 0 Å². The first-order valence-electron chi connectivity index (χ1n) is 5.49. The third-order valence-electron chi connectivity index (χ3n) is 2.66. The molecule has 0 unspecified atom stereocenters. The van der Waals surface area contributed by atoms with Crippen LogP contribution in [0.15, 0.2) is 36.4 Å². The van der Waals surface area contributed by atoms with Crippen LogP contribution in [0.25, 0.3) is 11.1 Å². The molecule has 0 aromatic heterocycles. The van der Waals surface area contributed by atoms with Crippen LogP contribution >= 0.6 is 0 Å². The summed E-state index contributed by atoms with van der Waals surface area (Å²) in [6.07, 6.45) is -0.146. The number of nitrogens with two attached hydrogens (primary N) is 1. The smallest absolute Gasteiger partial charge is 0.221 e. The van der Waals surface area contributed by atoms with Crippen LogP contribution in [0.2, 0.25) is 0 Å². The molecular weight excluding hydrogens is 255 g/mol. The largest absolute Gasteiger partial charge is 0.369 e. The van der Waals surface area contributed by atoms with Crippen molar-refractivity contribution in [1.82, 2.24) is 0 Å². The number of primary amides is 1. The zero-order valence-electron chi connectivity index (χ0n) is 9.79. The van der Waals surface area contributed by atoms with Crippen LogP contribution in [-0.2, 0) is 11.2 Å². The molecule has 2 aromatic rings. The van der Waals surface area contributed by atoms with Crippen molar-refractivity contribution in [3.05, 3.63) is 59.4 Å². The first kappa shape index (κ1) is 13.1. The minimum Gasteiger partial charge on any atom is -0.369 e. The van der Waals surface area contributed by atoms with E-state index < -0.39 is 23.4 Å². The Morgan fingerprint density at radius 2 is 1.58 bits per heavy atom. The summed E-state index contributed by atoms with van der Waals surface area (Å²) in [4.78, 5) is 11.0. The summed E-state index contributed by atoms with van der Waals surface area (Å²) in [6, 6.07) is 6.58. The Hall–Kier alpha value is -2.30. The number of carbonyl (C=O) groups excluding carboxylic acids is 1. The Kier molecular flexibility index (Phi) is 3.55. The van der Waals surface area contributed by atoms with Crippen LogP contribution in [0.3, 0.4) is 0 Å². The summed E-state index contributed by atoms with van der Waals surface area (Å²) in [5, 5.41) is 0. The molecule has 0 fully saturated rings. The van der Waals surface area contributed by atoms with Gasteiger partial charge in [-0.3, -0.25) is 4.79 Å². The lowest BCUT2D eigenvalue weighted by Gasteiger charge is -2.10. The SMILES string of the molecule is NC(=O)Cc1ccc(F)cc1-c1ccc(F)cc1F. The van der Waals surface area contributed by atoms with Crippen molar-refractivity contribution >= 4 is 5.91 Å². The summed E-state index contributed by atoms with van der Waals surface area (Å²) >= 11 is 0. The number of halogens is 3. The predicted octanol–water partition coefficient (Wildman–Crippen LogP) is 2.80. The van der Waals surface area contributed by atoms with E-state index in [9.17, 15) is 18.0 Å². The highest BCUT2D eigenvalue weighted by atomic mass is 19.1. The molecule has 2 aromatic carbocycles. The first-order valence-corrected chi connectivity index (χ1v) is 5.49. The van der Waals surface area contributed by atoms with Crippen molar-refractivity contribution in [2.75, 3.05) is 0 Å². The minimum absolute atomic E-state index is 0.0251. The van der Waals surface area contributed by atoms with Crippen LogP contribution in [0, 0.1) is 17.5 Å². The summed E-state index contributed by atoms with van der Waals surface area (Å²) in [7, 11) is 0. The Balaban J connectivity index is 2.59. The maximum atomic E-state index is 13.7. The Bertz CT molecular complexity index is 641. The number of benzene rings is 2. The fraction of sp³-hybridized carbons (Fsp3) is 0.0714. The minimum atomic E-state index is -0.823. The molecule has 0 aliphatic rings. The van der Waals surface area contributed by atoms with E-state index in [4.69, 9.17) is 5.73 Å². The highest BCUT2D eigenvalue weighted by Crippen LogP contribution is 2.28. The lowest BCUT2D eigenvalue weighted by molar-refractivity contribution is -0.117. The van der Waals surface area contributed by atoms with Crippen molar-refractivity contribution in [2.45, 2.75) is 6.42 Å². The number of hydrogen-bond donors (Lipinski definition) is 1. The zero-order valence-corrected chi connectivity index (χ0v) is 9.79. The zero-order chi connectivity index (χ0) is 14.0. The first-order chi connectivity index (χ1) is 8.97. The van der Waals surface area contributed by atoms with Gasteiger partial charge in [0.05, 0.1) is 6.42 Å². The Labute approximate surface area is 107 Å². The van der Waals surface area contributed by atoms with Gasteiger partial charge in [-0.05, 0) is 35.4 Å². The van der Waals surface area contributed by atoms with Gasteiger partial charge in [0, 0.05) is 11.6 Å². The molecule has 98 valence electrons. The van der Waals surface area contributed by atoms with E-state index in [0.29, 0.717) is 11.6 Å². The van der Waals surface area contributed by atoms with Gasteiger partial charge in [-0.2, -0.15) is 0 Å². The lowest BCUT2D eigenvalue weighted by Crippen LogP contribution is -2.14. The molecule has 0 aliphatic heterocycles. The highest BCUT2D eigenvalue weighted by Gasteiger charge is 2.13. The molecule has 2 nitrogen and oxygen atoms in total. The molecule has 5 heteroatoms. The van der Waals surface area contributed by atoms with Crippen LogP contribution < -0.4 is 5.73 Å². The molecule has 0 radical (unpaired) electrons. The Morgan fingerprint density at radius 1 is 0.947 bits per heavy atom. The third kappa shape index (κ3) is 2.93. The molecule has 1 amide bonds. The maximum absolute atomic E-state index is 13.7. The standard InChI is InChI=1S/C14H10F3NO/c15-9-2-1-8(5-14(18)19)12(6-9)11-4-3-10(16)7-13(11)17/h1-4,6-7H,5H2,(H2,18,19). The lowest BCUT2D eigenvalue weighted by atomic mass is 9.97. The van der Waals surface area contributed by atoms with Crippen LogP contribution in [0.4, 0.5) is 13.2 Å². The Morgan fingerprint density at radius 3 is 2.21 bits per heavy atom. The predicted molar refractivity (Wildman–Crippen MR) is 64.7 cm³/mol. The summed E-state index contributed by atoms with van der Waals surface area (Å²) < 4.78 is 39.8.